The fraction of sp³-hybridized carbons (Fsp3) is 0.0714. The number of nitro benzene ring substituents is 1. The molecule has 112 valence electrons. The molecule has 0 saturated carbocycles. The summed E-state index contributed by atoms with van der Waals surface area (Å²) in [6.07, 6.45) is 2.90. The van der Waals surface area contributed by atoms with Gasteiger partial charge in [-0.25, -0.2) is 10.4 Å². The van der Waals surface area contributed by atoms with Gasteiger partial charge in [0.15, 0.2) is 0 Å². The van der Waals surface area contributed by atoms with Gasteiger partial charge in [-0.05, 0) is 18.2 Å². The summed E-state index contributed by atoms with van der Waals surface area (Å²) in [5.74, 6) is -0.156. The molecular formula is C14H12N4O3S. The third-order valence-electron chi connectivity index (χ3n) is 2.52. The predicted octanol–water partition coefficient (Wildman–Crippen LogP) is 2.23. The van der Waals surface area contributed by atoms with Gasteiger partial charge in [0.25, 0.3) is 5.69 Å². The standard InChI is InChI=1S/C14H12N4O3S/c19-13(10-22-14-7-3-4-8-15-14)17-16-9-11-5-1-2-6-12(11)18(20)21/h1-9H,10H2,(H,17,19)/b16-9-. The minimum Gasteiger partial charge on any atom is -0.272 e. The van der Waals surface area contributed by atoms with Gasteiger partial charge >= 0.3 is 0 Å². The van der Waals surface area contributed by atoms with Crippen LogP contribution < -0.4 is 5.43 Å². The highest BCUT2D eigenvalue weighted by atomic mass is 32.2. The minimum atomic E-state index is -0.500. The molecule has 1 aromatic heterocycles. The van der Waals surface area contributed by atoms with Crippen LogP contribution in [0.25, 0.3) is 0 Å². The molecule has 2 aromatic rings. The highest BCUT2D eigenvalue weighted by Gasteiger charge is 2.10. The van der Waals surface area contributed by atoms with Gasteiger partial charge in [-0.3, -0.25) is 14.9 Å². The third-order valence-corrected chi connectivity index (χ3v) is 3.46. The number of hydrazone groups is 1. The maximum absolute atomic E-state index is 11.6. The number of amides is 1. The van der Waals surface area contributed by atoms with E-state index in [0.29, 0.717) is 5.56 Å². The number of nitro groups is 1. The first-order valence-corrected chi connectivity index (χ1v) is 7.24. The van der Waals surface area contributed by atoms with Crippen molar-refractivity contribution >= 4 is 29.6 Å². The summed E-state index contributed by atoms with van der Waals surface area (Å²) in [6, 6.07) is 11.6. The zero-order chi connectivity index (χ0) is 15.8. The number of para-hydroxylation sites is 1. The van der Waals surface area contributed by atoms with Crippen molar-refractivity contribution in [2.75, 3.05) is 5.75 Å². The first-order chi connectivity index (χ1) is 10.7. The Balaban J connectivity index is 1.87. The van der Waals surface area contributed by atoms with Crippen LogP contribution >= 0.6 is 11.8 Å². The number of rotatable bonds is 6. The summed E-state index contributed by atoms with van der Waals surface area (Å²) >= 11 is 1.28. The molecule has 0 atom stereocenters. The summed E-state index contributed by atoms with van der Waals surface area (Å²) in [5.41, 5.74) is 2.58. The molecule has 0 spiro atoms. The van der Waals surface area contributed by atoms with Crippen LogP contribution in [-0.2, 0) is 4.79 Å². The molecule has 0 bridgehead atoms. The molecule has 0 fully saturated rings. The van der Waals surface area contributed by atoms with Gasteiger partial charge in [-0.1, -0.05) is 30.0 Å². The Kier molecular flexibility index (Phi) is 5.61. The van der Waals surface area contributed by atoms with Crippen molar-refractivity contribution in [2.45, 2.75) is 5.03 Å². The van der Waals surface area contributed by atoms with Gasteiger partial charge in [-0.15, -0.1) is 0 Å². The molecule has 0 unspecified atom stereocenters. The number of carbonyl (C=O) groups is 1. The molecule has 0 aliphatic heterocycles. The van der Waals surface area contributed by atoms with Crippen LogP contribution in [0.5, 0.6) is 0 Å². The molecular weight excluding hydrogens is 304 g/mol. The van der Waals surface area contributed by atoms with E-state index in [1.54, 1.807) is 36.5 Å². The monoisotopic (exact) mass is 316 g/mol. The van der Waals surface area contributed by atoms with E-state index in [4.69, 9.17) is 0 Å². The smallest absolute Gasteiger partial charge is 0.272 e. The first-order valence-electron chi connectivity index (χ1n) is 6.26. The van der Waals surface area contributed by atoms with Gasteiger partial charge < -0.3 is 0 Å². The van der Waals surface area contributed by atoms with Crippen LogP contribution in [0.4, 0.5) is 5.69 Å². The molecule has 0 aliphatic rings. The van der Waals surface area contributed by atoms with Gasteiger partial charge in [0, 0.05) is 12.3 Å². The quantitative estimate of drug-likeness (QED) is 0.381. The average Bonchev–Trinajstić information content (AvgIpc) is 2.54. The third kappa shape index (κ3) is 4.67. The van der Waals surface area contributed by atoms with E-state index in [-0.39, 0.29) is 17.3 Å². The summed E-state index contributed by atoms with van der Waals surface area (Å²) in [6.45, 7) is 0. The van der Waals surface area contributed by atoms with Crippen molar-refractivity contribution < 1.29 is 9.72 Å². The number of hydrogen-bond acceptors (Lipinski definition) is 6. The zero-order valence-electron chi connectivity index (χ0n) is 11.4. The number of nitrogens with zero attached hydrogens (tertiary/aromatic N) is 3. The van der Waals surface area contributed by atoms with Crippen molar-refractivity contribution in [3.8, 4) is 0 Å². The van der Waals surface area contributed by atoms with Gasteiger partial charge in [-0.2, -0.15) is 5.10 Å². The molecule has 1 N–H and O–H groups in total. The molecule has 1 heterocycles. The van der Waals surface area contributed by atoms with E-state index < -0.39 is 4.92 Å². The average molecular weight is 316 g/mol. The molecule has 0 aliphatic carbocycles. The van der Waals surface area contributed by atoms with Crippen molar-refractivity contribution in [1.82, 2.24) is 10.4 Å². The minimum absolute atomic E-state index is 0.0663. The van der Waals surface area contributed by atoms with E-state index in [9.17, 15) is 14.9 Å². The molecule has 1 amide bonds. The lowest BCUT2D eigenvalue weighted by Gasteiger charge is -2.00. The van der Waals surface area contributed by atoms with Crippen LogP contribution in [0.2, 0.25) is 0 Å². The maximum atomic E-state index is 11.6. The maximum Gasteiger partial charge on any atom is 0.278 e. The molecule has 0 saturated heterocycles. The summed E-state index contributed by atoms with van der Waals surface area (Å²) in [4.78, 5) is 26.0. The van der Waals surface area contributed by atoms with Crippen molar-refractivity contribution in [1.29, 1.82) is 0 Å². The topological polar surface area (TPSA) is 97.5 Å². The highest BCUT2D eigenvalue weighted by Crippen LogP contribution is 2.15. The fourth-order valence-corrected chi connectivity index (χ4v) is 2.19. The van der Waals surface area contributed by atoms with Gasteiger partial charge in [0.05, 0.1) is 27.5 Å². The van der Waals surface area contributed by atoms with Crippen molar-refractivity contribution in [3.63, 3.8) is 0 Å². The number of pyridine rings is 1. The fourth-order valence-electron chi connectivity index (χ4n) is 1.54. The first kappa shape index (κ1) is 15.6. The molecule has 7 nitrogen and oxygen atoms in total. The number of carbonyl (C=O) groups excluding carboxylic acids is 1. The van der Waals surface area contributed by atoms with E-state index in [0.717, 1.165) is 5.03 Å². The number of nitrogens with one attached hydrogen (secondary N) is 1. The Labute approximate surface area is 130 Å². The van der Waals surface area contributed by atoms with Crippen LogP contribution in [-0.4, -0.2) is 27.8 Å². The van der Waals surface area contributed by atoms with Gasteiger partial charge in [0.1, 0.15) is 0 Å². The van der Waals surface area contributed by atoms with Crippen LogP contribution in [0.3, 0.4) is 0 Å². The predicted molar refractivity (Wildman–Crippen MR) is 83.8 cm³/mol. The van der Waals surface area contributed by atoms with Crippen LogP contribution in [0, 0.1) is 10.1 Å². The Bertz CT molecular complexity index is 691. The SMILES string of the molecule is O=C(CSc1ccccn1)N/N=C\c1ccccc1[N+](=O)[O-]. The second-order valence-corrected chi connectivity index (χ2v) is 5.06. The number of aromatic nitrogens is 1. The second-order valence-electron chi connectivity index (χ2n) is 4.07. The Hall–Kier alpha value is -2.74. The highest BCUT2D eigenvalue weighted by molar-refractivity contribution is 7.99. The van der Waals surface area contributed by atoms with Crippen molar-refractivity contribution in [3.05, 3.63) is 64.3 Å². The second kappa shape index (κ2) is 7.89. The summed E-state index contributed by atoms with van der Waals surface area (Å²) in [7, 11) is 0. The largest absolute Gasteiger partial charge is 0.278 e. The molecule has 0 radical (unpaired) electrons. The zero-order valence-corrected chi connectivity index (χ0v) is 12.2. The van der Waals surface area contributed by atoms with E-state index in [2.05, 4.69) is 15.5 Å². The van der Waals surface area contributed by atoms with Crippen LogP contribution in [0.15, 0.2) is 58.8 Å². The Morgan fingerprint density at radius 1 is 1.32 bits per heavy atom. The number of thioether (sulfide) groups is 1. The lowest BCUT2D eigenvalue weighted by molar-refractivity contribution is -0.385. The number of benzene rings is 1. The van der Waals surface area contributed by atoms with E-state index >= 15 is 0 Å². The normalized spacial score (nSPS) is 10.5. The summed E-state index contributed by atoms with van der Waals surface area (Å²) < 4.78 is 0. The van der Waals surface area contributed by atoms with Gasteiger partial charge in [0.2, 0.25) is 5.91 Å². The van der Waals surface area contributed by atoms with E-state index in [1.165, 1.54) is 24.0 Å². The number of hydrogen-bond donors (Lipinski definition) is 1. The lowest BCUT2D eigenvalue weighted by Crippen LogP contribution is -2.19. The molecule has 1 aromatic carbocycles. The van der Waals surface area contributed by atoms with Crippen LogP contribution in [0.1, 0.15) is 5.56 Å². The molecule has 22 heavy (non-hydrogen) atoms. The summed E-state index contributed by atoms with van der Waals surface area (Å²) in [5, 5.41) is 15.3. The lowest BCUT2D eigenvalue weighted by atomic mass is 10.2. The molecule has 8 heteroatoms. The van der Waals surface area contributed by atoms with Crippen molar-refractivity contribution in [2.24, 2.45) is 5.10 Å². The Morgan fingerprint density at radius 2 is 2.09 bits per heavy atom. The van der Waals surface area contributed by atoms with E-state index in [1.807, 2.05) is 6.07 Å². The molecule has 2 rings (SSSR count). The Morgan fingerprint density at radius 3 is 2.82 bits per heavy atom.